The molecule has 1 aliphatic carbocycles. The Morgan fingerprint density at radius 3 is 2.38 bits per heavy atom. The van der Waals surface area contributed by atoms with Crippen LogP contribution in [0.25, 0.3) is 0 Å². The maximum Gasteiger partial charge on any atom is 0.251 e. The first-order valence-corrected chi connectivity index (χ1v) is 10.1. The third-order valence-corrected chi connectivity index (χ3v) is 6.51. The second-order valence-corrected chi connectivity index (χ2v) is 8.99. The van der Waals surface area contributed by atoms with Gasteiger partial charge >= 0.3 is 0 Å². The Bertz CT molecular complexity index is 917. The number of carbonyl (C=O) groups is 1. The lowest BCUT2D eigenvalue weighted by Crippen LogP contribution is -2.27. The predicted octanol–water partition coefficient (Wildman–Crippen LogP) is 3.02. The Balaban J connectivity index is 1.73. The molecule has 3 rings (SSSR count). The molecule has 26 heavy (non-hydrogen) atoms. The highest BCUT2D eigenvalue weighted by molar-refractivity contribution is 7.89. The van der Waals surface area contributed by atoms with E-state index in [-0.39, 0.29) is 12.5 Å². The lowest BCUT2D eigenvalue weighted by atomic mass is 10.1. The van der Waals surface area contributed by atoms with Gasteiger partial charge in [0.1, 0.15) is 0 Å². The summed E-state index contributed by atoms with van der Waals surface area (Å²) in [6, 6.07) is 12.8. The summed E-state index contributed by atoms with van der Waals surface area (Å²) >= 11 is 0. The van der Waals surface area contributed by atoms with Crippen molar-refractivity contribution in [3.63, 3.8) is 0 Å². The van der Waals surface area contributed by atoms with Gasteiger partial charge in [0, 0.05) is 25.2 Å². The Labute approximate surface area is 155 Å². The van der Waals surface area contributed by atoms with Crippen LogP contribution in [0.4, 0.5) is 0 Å². The van der Waals surface area contributed by atoms with Gasteiger partial charge in [0.05, 0.1) is 4.90 Å². The molecular formula is C20H24N2O3S. The molecule has 1 aliphatic rings. The summed E-state index contributed by atoms with van der Waals surface area (Å²) in [6.45, 7) is 3.93. The zero-order valence-electron chi connectivity index (χ0n) is 15.3. The number of hydrogen-bond donors (Lipinski definition) is 1. The lowest BCUT2D eigenvalue weighted by Gasteiger charge is -2.19. The topological polar surface area (TPSA) is 66.5 Å². The third-order valence-electron chi connectivity index (χ3n) is 4.57. The first-order chi connectivity index (χ1) is 12.3. The van der Waals surface area contributed by atoms with Crippen molar-refractivity contribution in [1.29, 1.82) is 0 Å². The van der Waals surface area contributed by atoms with Gasteiger partial charge in [-0.1, -0.05) is 24.3 Å². The van der Waals surface area contributed by atoms with Gasteiger partial charge < -0.3 is 5.32 Å². The van der Waals surface area contributed by atoms with Crippen LogP contribution < -0.4 is 5.32 Å². The minimum absolute atomic E-state index is 0.0737. The standard InChI is InChI=1S/C20H24N2O3S/c1-14-4-5-15(2)19(12-14)26(24,25)22(3)13-16-6-8-17(9-7-16)20(23)21-18-10-11-18/h4-9,12,18H,10-11,13H2,1-3H3,(H,21,23). The number of nitrogens with zero attached hydrogens (tertiary/aromatic N) is 1. The van der Waals surface area contributed by atoms with Crippen molar-refractivity contribution in [3.05, 3.63) is 64.7 Å². The summed E-state index contributed by atoms with van der Waals surface area (Å²) in [5.74, 6) is -0.0737. The smallest absolute Gasteiger partial charge is 0.251 e. The van der Waals surface area contributed by atoms with Crippen molar-refractivity contribution >= 4 is 15.9 Å². The van der Waals surface area contributed by atoms with Gasteiger partial charge in [-0.3, -0.25) is 4.79 Å². The molecule has 0 atom stereocenters. The van der Waals surface area contributed by atoms with E-state index in [1.54, 1.807) is 44.3 Å². The number of hydrogen-bond acceptors (Lipinski definition) is 3. The van der Waals surface area contributed by atoms with E-state index in [2.05, 4.69) is 5.32 Å². The van der Waals surface area contributed by atoms with Gasteiger partial charge in [0.2, 0.25) is 10.0 Å². The number of nitrogens with one attached hydrogen (secondary N) is 1. The zero-order valence-corrected chi connectivity index (χ0v) is 16.1. The van der Waals surface area contributed by atoms with Crippen LogP contribution >= 0.6 is 0 Å². The van der Waals surface area contributed by atoms with Crippen molar-refractivity contribution in [1.82, 2.24) is 9.62 Å². The molecule has 0 spiro atoms. The Kier molecular flexibility index (Phi) is 5.16. The molecule has 1 N–H and O–H groups in total. The molecule has 6 heteroatoms. The van der Waals surface area contributed by atoms with Crippen LogP contribution in [-0.4, -0.2) is 31.7 Å². The van der Waals surface area contributed by atoms with Gasteiger partial charge in [-0.2, -0.15) is 4.31 Å². The molecule has 2 aromatic carbocycles. The number of rotatable bonds is 6. The van der Waals surface area contributed by atoms with Crippen molar-refractivity contribution in [3.8, 4) is 0 Å². The maximum absolute atomic E-state index is 12.9. The first kappa shape index (κ1) is 18.6. The molecule has 1 fully saturated rings. The molecule has 0 aromatic heterocycles. The molecular weight excluding hydrogens is 348 g/mol. The highest BCUT2D eigenvalue weighted by atomic mass is 32.2. The van der Waals surface area contributed by atoms with E-state index in [1.807, 2.05) is 19.1 Å². The fourth-order valence-corrected chi connectivity index (χ4v) is 4.22. The highest BCUT2D eigenvalue weighted by Gasteiger charge is 2.24. The third kappa shape index (κ3) is 4.14. The van der Waals surface area contributed by atoms with E-state index >= 15 is 0 Å². The number of aryl methyl sites for hydroxylation is 2. The second-order valence-electron chi connectivity index (χ2n) is 6.97. The van der Waals surface area contributed by atoms with Crippen LogP contribution in [-0.2, 0) is 16.6 Å². The van der Waals surface area contributed by atoms with Crippen molar-refractivity contribution < 1.29 is 13.2 Å². The van der Waals surface area contributed by atoms with E-state index in [0.29, 0.717) is 16.5 Å². The Morgan fingerprint density at radius 1 is 1.12 bits per heavy atom. The molecule has 2 aromatic rings. The summed E-state index contributed by atoms with van der Waals surface area (Å²) in [7, 11) is -2.00. The van der Waals surface area contributed by atoms with Gasteiger partial charge in [-0.25, -0.2) is 8.42 Å². The monoisotopic (exact) mass is 372 g/mol. The van der Waals surface area contributed by atoms with Crippen LogP contribution in [0.5, 0.6) is 0 Å². The van der Waals surface area contributed by atoms with Crippen LogP contribution in [0.15, 0.2) is 47.4 Å². The summed E-state index contributed by atoms with van der Waals surface area (Å²) in [4.78, 5) is 12.4. The molecule has 1 amide bonds. The molecule has 5 nitrogen and oxygen atoms in total. The average molecular weight is 372 g/mol. The minimum Gasteiger partial charge on any atom is -0.349 e. The van der Waals surface area contributed by atoms with Crippen LogP contribution in [0.2, 0.25) is 0 Å². The van der Waals surface area contributed by atoms with Crippen LogP contribution in [0.1, 0.15) is 39.9 Å². The zero-order chi connectivity index (χ0) is 18.9. The predicted molar refractivity (Wildman–Crippen MR) is 101 cm³/mol. The van der Waals surface area contributed by atoms with Gasteiger partial charge in [-0.05, 0) is 61.6 Å². The fraction of sp³-hybridized carbons (Fsp3) is 0.350. The second kappa shape index (κ2) is 7.21. The number of carbonyl (C=O) groups excluding carboxylic acids is 1. The largest absolute Gasteiger partial charge is 0.349 e. The molecule has 0 unspecified atom stereocenters. The summed E-state index contributed by atoms with van der Waals surface area (Å²) in [5.41, 5.74) is 3.08. The van der Waals surface area contributed by atoms with Crippen LogP contribution in [0.3, 0.4) is 0 Å². The molecule has 1 saturated carbocycles. The van der Waals surface area contributed by atoms with E-state index in [1.165, 1.54) is 4.31 Å². The van der Waals surface area contributed by atoms with E-state index < -0.39 is 10.0 Å². The molecule has 0 heterocycles. The van der Waals surface area contributed by atoms with E-state index in [9.17, 15) is 13.2 Å². The van der Waals surface area contributed by atoms with Crippen LogP contribution in [0, 0.1) is 13.8 Å². The van der Waals surface area contributed by atoms with Crippen molar-refractivity contribution in [2.45, 2.75) is 44.2 Å². The number of sulfonamides is 1. The molecule has 138 valence electrons. The average Bonchev–Trinajstić information content (AvgIpc) is 3.41. The minimum atomic E-state index is -3.57. The number of benzene rings is 2. The fourth-order valence-electron chi connectivity index (χ4n) is 2.75. The van der Waals surface area contributed by atoms with Crippen molar-refractivity contribution in [2.75, 3.05) is 7.05 Å². The highest BCUT2D eigenvalue weighted by Crippen LogP contribution is 2.22. The SMILES string of the molecule is Cc1ccc(C)c(S(=O)(=O)N(C)Cc2ccc(C(=O)NC3CC3)cc2)c1. The molecule has 0 bridgehead atoms. The quantitative estimate of drug-likeness (QED) is 0.848. The normalized spacial score (nSPS) is 14.5. The van der Waals surface area contributed by atoms with Gasteiger partial charge in [0.15, 0.2) is 0 Å². The van der Waals surface area contributed by atoms with E-state index in [0.717, 1.165) is 29.5 Å². The Morgan fingerprint density at radius 2 is 1.77 bits per heavy atom. The van der Waals surface area contributed by atoms with Gasteiger partial charge in [0.25, 0.3) is 5.91 Å². The summed E-state index contributed by atoms with van der Waals surface area (Å²) in [5, 5.41) is 2.94. The van der Waals surface area contributed by atoms with Crippen molar-refractivity contribution in [2.24, 2.45) is 0 Å². The lowest BCUT2D eigenvalue weighted by molar-refractivity contribution is 0.0951. The molecule has 0 saturated heterocycles. The summed E-state index contributed by atoms with van der Waals surface area (Å²) in [6.07, 6.45) is 2.09. The van der Waals surface area contributed by atoms with E-state index in [4.69, 9.17) is 0 Å². The number of amides is 1. The molecule has 0 radical (unpaired) electrons. The van der Waals surface area contributed by atoms with Gasteiger partial charge in [-0.15, -0.1) is 0 Å². The molecule has 0 aliphatic heterocycles. The summed E-state index contributed by atoms with van der Waals surface area (Å²) < 4.78 is 27.1. The maximum atomic E-state index is 12.9. The first-order valence-electron chi connectivity index (χ1n) is 8.71. The Hall–Kier alpha value is -2.18.